The Morgan fingerprint density at radius 2 is 1.88 bits per heavy atom. The summed E-state index contributed by atoms with van der Waals surface area (Å²) in [6, 6.07) is 13.7. The highest BCUT2D eigenvalue weighted by atomic mass is 79.9. The van der Waals surface area contributed by atoms with Gasteiger partial charge in [-0.2, -0.15) is 0 Å². The summed E-state index contributed by atoms with van der Waals surface area (Å²) in [4.78, 5) is 48.5. The molecule has 3 aliphatic heterocycles. The molecule has 3 saturated heterocycles. The average molecular weight is 722 g/mol. The van der Waals surface area contributed by atoms with Crippen molar-refractivity contribution in [1.29, 1.82) is 0 Å². The first-order valence-corrected chi connectivity index (χ1v) is 17.3. The van der Waals surface area contributed by atoms with Crippen LogP contribution in [-0.2, 0) is 25.8 Å². The summed E-state index contributed by atoms with van der Waals surface area (Å²) in [7, 11) is 0. The van der Waals surface area contributed by atoms with Crippen LogP contribution in [0.1, 0.15) is 26.2 Å². The van der Waals surface area contributed by atoms with Gasteiger partial charge in [-0.1, -0.05) is 45.4 Å². The normalized spacial score (nSPS) is 25.7. The molecular formula is C35H41BrN6O6. The van der Waals surface area contributed by atoms with E-state index < -0.39 is 29.6 Å². The van der Waals surface area contributed by atoms with Crippen molar-refractivity contribution in [3.63, 3.8) is 0 Å². The number of rotatable bonds is 15. The third-order valence-corrected chi connectivity index (χ3v) is 10.4. The smallest absolute Gasteiger partial charge is 0.250 e. The molecule has 3 aliphatic rings. The minimum atomic E-state index is -1.24. The highest BCUT2D eigenvalue weighted by molar-refractivity contribution is 9.09. The van der Waals surface area contributed by atoms with E-state index in [1.54, 1.807) is 43.7 Å². The van der Waals surface area contributed by atoms with Crippen molar-refractivity contribution in [3.8, 4) is 5.75 Å². The number of aliphatic hydroxyl groups is 1. The maximum Gasteiger partial charge on any atom is 0.250 e. The Morgan fingerprint density at radius 1 is 1.12 bits per heavy atom. The quantitative estimate of drug-likeness (QED) is 0.143. The second-order valence-corrected chi connectivity index (χ2v) is 13.5. The largest absolute Gasteiger partial charge is 0.494 e. The summed E-state index contributed by atoms with van der Waals surface area (Å²) in [6.07, 6.45) is 3.98. The summed E-state index contributed by atoms with van der Waals surface area (Å²) in [5, 5.41) is 18.1. The minimum Gasteiger partial charge on any atom is -0.494 e. The van der Waals surface area contributed by atoms with E-state index in [0.717, 1.165) is 5.52 Å². The Kier molecular flexibility index (Phi) is 10.00. The standard InChI is InChI=1S/C35H41BrN6O6/c1-4-17-39(22-42-27-12-8-7-11-26(27)37-38-42)34(46)31-35-21-25(36)30(48-35)28(29(35)33(45)41(31)19-9-10-20-43)32(44)40(18-5-2)23-13-15-24(16-14-23)47-6-3/h4-5,7-8,11-16,25,28-31,43H,1-2,6,9-10,17-22H2,3H3/t25?,28-,29+,30-,31?,35?/m1/s1. The van der Waals surface area contributed by atoms with Gasteiger partial charge in [0.2, 0.25) is 17.7 Å². The Labute approximate surface area is 288 Å². The zero-order chi connectivity index (χ0) is 34.0. The molecule has 6 atom stereocenters. The third kappa shape index (κ3) is 5.81. The number of fused-ring (bicyclic) bond motifs is 2. The molecule has 0 aliphatic carbocycles. The van der Waals surface area contributed by atoms with Gasteiger partial charge >= 0.3 is 0 Å². The monoisotopic (exact) mass is 720 g/mol. The van der Waals surface area contributed by atoms with Crippen LogP contribution in [0.15, 0.2) is 73.8 Å². The van der Waals surface area contributed by atoms with Gasteiger partial charge in [0, 0.05) is 36.8 Å². The minimum absolute atomic E-state index is 0.0427. The summed E-state index contributed by atoms with van der Waals surface area (Å²) in [6.45, 7) is 10.9. The molecule has 3 fully saturated rings. The number of aliphatic hydroxyl groups excluding tert-OH is 1. The van der Waals surface area contributed by atoms with Gasteiger partial charge in [-0.15, -0.1) is 18.3 Å². The molecule has 0 radical (unpaired) electrons. The fourth-order valence-corrected chi connectivity index (χ4v) is 8.52. The first-order valence-electron chi connectivity index (χ1n) is 16.4. The van der Waals surface area contributed by atoms with Crippen LogP contribution < -0.4 is 9.64 Å². The van der Waals surface area contributed by atoms with Crippen LogP contribution in [0.5, 0.6) is 5.75 Å². The van der Waals surface area contributed by atoms with E-state index in [9.17, 15) is 19.5 Å². The highest BCUT2D eigenvalue weighted by Gasteiger charge is 2.76. The first-order chi connectivity index (χ1) is 23.3. The molecule has 13 heteroatoms. The number of likely N-dealkylation sites (tertiary alicyclic amines) is 1. The molecule has 3 unspecified atom stereocenters. The number of halogens is 1. The van der Waals surface area contributed by atoms with Crippen molar-refractivity contribution in [2.45, 2.75) is 55.4 Å². The zero-order valence-electron chi connectivity index (χ0n) is 27.0. The fraction of sp³-hybridized carbons (Fsp3) is 0.457. The lowest BCUT2D eigenvalue weighted by atomic mass is 9.70. The molecule has 2 bridgehead atoms. The number of amides is 3. The number of nitrogens with zero attached hydrogens (tertiary/aromatic N) is 6. The van der Waals surface area contributed by atoms with Crippen molar-refractivity contribution < 1.29 is 29.0 Å². The van der Waals surface area contributed by atoms with Crippen LogP contribution in [0.4, 0.5) is 5.69 Å². The maximum absolute atomic E-state index is 14.8. The van der Waals surface area contributed by atoms with Crippen LogP contribution in [0.2, 0.25) is 0 Å². The molecule has 3 aromatic rings. The van der Waals surface area contributed by atoms with Gasteiger partial charge < -0.3 is 29.3 Å². The average Bonchev–Trinajstić information content (AvgIpc) is 3.81. The lowest BCUT2D eigenvalue weighted by molar-refractivity contribution is -0.149. The van der Waals surface area contributed by atoms with Crippen molar-refractivity contribution in [2.75, 3.05) is 37.7 Å². The molecule has 1 N–H and O–H groups in total. The van der Waals surface area contributed by atoms with Gasteiger partial charge in [-0.05, 0) is 62.6 Å². The molecule has 254 valence electrons. The van der Waals surface area contributed by atoms with Gasteiger partial charge in [0.1, 0.15) is 29.6 Å². The number of benzene rings is 2. The van der Waals surface area contributed by atoms with E-state index in [-0.39, 0.29) is 55.5 Å². The Morgan fingerprint density at radius 3 is 2.58 bits per heavy atom. The topological polar surface area (TPSA) is 130 Å². The van der Waals surface area contributed by atoms with Gasteiger partial charge in [0.25, 0.3) is 0 Å². The van der Waals surface area contributed by atoms with Gasteiger partial charge in [0.05, 0.1) is 30.1 Å². The van der Waals surface area contributed by atoms with E-state index >= 15 is 0 Å². The number of hydrogen-bond acceptors (Lipinski definition) is 8. The number of unbranched alkanes of at least 4 members (excludes halogenated alkanes) is 1. The fourth-order valence-electron chi connectivity index (χ4n) is 7.58. The van der Waals surface area contributed by atoms with Crippen LogP contribution >= 0.6 is 15.9 Å². The van der Waals surface area contributed by atoms with Gasteiger partial charge in [-0.25, -0.2) is 4.68 Å². The lowest BCUT2D eigenvalue weighted by Crippen LogP contribution is -2.57. The predicted octanol–water partition coefficient (Wildman–Crippen LogP) is 3.54. The van der Waals surface area contributed by atoms with E-state index in [4.69, 9.17) is 9.47 Å². The Hall–Kier alpha value is -4.07. The predicted molar refractivity (Wildman–Crippen MR) is 183 cm³/mol. The van der Waals surface area contributed by atoms with E-state index in [0.29, 0.717) is 42.8 Å². The number of ether oxygens (including phenoxy) is 2. The molecule has 6 rings (SSSR count). The van der Waals surface area contributed by atoms with Crippen molar-refractivity contribution in [3.05, 3.63) is 73.8 Å². The maximum atomic E-state index is 14.8. The molecule has 12 nitrogen and oxygen atoms in total. The number of alkyl halides is 1. The molecule has 2 aromatic carbocycles. The summed E-state index contributed by atoms with van der Waals surface area (Å²) < 4.78 is 14.0. The second kappa shape index (κ2) is 14.2. The summed E-state index contributed by atoms with van der Waals surface area (Å²) >= 11 is 3.77. The van der Waals surface area contributed by atoms with Crippen molar-refractivity contribution in [2.24, 2.45) is 11.8 Å². The Balaban J connectivity index is 1.37. The van der Waals surface area contributed by atoms with Crippen LogP contribution in [0.25, 0.3) is 11.0 Å². The lowest BCUT2D eigenvalue weighted by Gasteiger charge is -2.37. The van der Waals surface area contributed by atoms with Gasteiger partial charge in [-0.3, -0.25) is 14.4 Å². The number of para-hydroxylation sites is 1. The molecule has 48 heavy (non-hydrogen) atoms. The Bertz CT molecular complexity index is 1680. The number of aromatic nitrogens is 3. The molecule has 1 aromatic heterocycles. The SMILES string of the molecule is C=CCN(Cn1nnc2ccccc21)C(=O)C1N(CCCCO)C(=O)[C@@H]2[C@@H](C(=O)N(CC=C)c3ccc(OCC)cc3)[C@@H]3OC12CC3Br. The molecule has 4 heterocycles. The van der Waals surface area contributed by atoms with E-state index in [1.165, 1.54) is 0 Å². The number of hydrogen-bond donors (Lipinski definition) is 1. The highest BCUT2D eigenvalue weighted by Crippen LogP contribution is 2.60. The molecule has 1 spiro atoms. The number of carbonyl (C=O) groups is 3. The summed E-state index contributed by atoms with van der Waals surface area (Å²) in [5.41, 5.74) is 0.858. The molecule has 0 saturated carbocycles. The third-order valence-electron chi connectivity index (χ3n) is 9.54. The molecular weight excluding hydrogens is 680 g/mol. The van der Waals surface area contributed by atoms with Crippen molar-refractivity contribution >= 4 is 50.4 Å². The van der Waals surface area contributed by atoms with Crippen LogP contribution in [0, 0.1) is 11.8 Å². The van der Waals surface area contributed by atoms with E-state index in [2.05, 4.69) is 39.4 Å². The van der Waals surface area contributed by atoms with Crippen molar-refractivity contribution in [1.82, 2.24) is 24.8 Å². The van der Waals surface area contributed by atoms with E-state index in [1.807, 2.05) is 43.3 Å². The number of anilines is 1. The second-order valence-electron chi connectivity index (χ2n) is 12.4. The van der Waals surface area contributed by atoms with Crippen LogP contribution in [-0.4, -0.2) is 103 Å². The van der Waals surface area contributed by atoms with Crippen LogP contribution in [0.3, 0.4) is 0 Å². The summed E-state index contributed by atoms with van der Waals surface area (Å²) in [5.74, 6) is -1.91. The molecule has 3 amide bonds. The number of carbonyl (C=O) groups excluding carboxylic acids is 3. The first kappa shape index (κ1) is 33.8. The van der Waals surface area contributed by atoms with Gasteiger partial charge in [0.15, 0.2) is 0 Å². The zero-order valence-corrected chi connectivity index (χ0v) is 28.6.